The number of rotatable bonds is 7. The van der Waals surface area contributed by atoms with Crippen LogP contribution in [0.2, 0.25) is 5.02 Å². The number of aliphatic carboxylic acids is 1. The number of nitrogens with one attached hydrogen (secondary N) is 2. The van der Waals surface area contributed by atoms with Gasteiger partial charge >= 0.3 is 12.0 Å². The molecule has 1 saturated heterocycles. The first kappa shape index (κ1) is 22.9. The van der Waals surface area contributed by atoms with Gasteiger partial charge in [0.2, 0.25) is 0 Å². The molecule has 1 fully saturated rings. The lowest BCUT2D eigenvalue weighted by Crippen LogP contribution is -2.71. The maximum Gasteiger partial charge on any atom is 0.352 e. The Labute approximate surface area is 201 Å². The molecular formula is C19H18ClN5O4S3. The second-order valence-electron chi connectivity index (χ2n) is 6.97. The second kappa shape index (κ2) is 9.69. The van der Waals surface area contributed by atoms with Crippen molar-refractivity contribution >= 4 is 64.4 Å². The molecule has 2 aliphatic heterocycles. The average molecular weight is 512 g/mol. The Bertz CT molecular complexity index is 1090. The molecule has 0 aliphatic carbocycles. The predicted molar refractivity (Wildman–Crippen MR) is 124 cm³/mol. The summed E-state index contributed by atoms with van der Waals surface area (Å²) in [5, 5.41) is 24.1. The van der Waals surface area contributed by atoms with Gasteiger partial charge < -0.3 is 15.7 Å². The fourth-order valence-corrected chi connectivity index (χ4v) is 6.68. The Morgan fingerprint density at radius 2 is 2.06 bits per heavy atom. The molecule has 168 valence electrons. The smallest absolute Gasteiger partial charge is 0.352 e. The molecule has 4 rings (SSSR count). The van der Waals surface area contributed by atoms with Crippen LogP contribution in [-0.4, -0.2) is 61.0 Å². The van der Waals surface area contributed by atoms with Crippen LogP contribution in [0.5, 0.6) is 0 Å². The van der Waals surface area contributed by atoms with Gasteiger partial charge in [0.05, 0.1) is 0 Å². The third kappa shape index (κ3) is 4.87. The Morgan fingerprint density at radius 1 is 1.31 bits per heavy atom. The van der Waals surface area contributed by atoms with Gasteiger partial charge in [0.25, 0.3) is 5.91 Å². The molecule has 0 radical (unpaired) electrons. The number of hydrogen-bond donors (Lipinski definition) is 3. The highest BCUT2D eigenvalue weighted by molar-refractivity contribution is 8.01. The molecule has 0 spiro atoms. The molecule has 13 heteroatoms. The number of nitrogens with zero attached hydrogens (tertiary/aromatic N) is 3. The fourth-order valence-electron chi connectivity index (χ4n) is 3.26. The first-order valence-corrected chi connectivity index (χ1v) is 12.7. The number of aryl methyl sites for hydroxylation is 1. The summed E-state index contributed by atoms with van der Waals surface area (Å²) >= 11 is 10.1. The quantitative estimate of drug-likeness (QED) is 0.383. The van der Waals surface area contributed by atoms with E-state index < -0.39 is 29.3 Å². The molecule has 1 aromatic carbocycles. The van der Waals surface area contributed by atoms with E-state index in [-0.39, 0.29) is 12.2 Å². The Kier molecular flexibility index (Phi) is 6.93. The number of amides is 3. The highest BCUT2D eigenvalue weighted by Gasteiger charge is 2.54. The lowest BCUT2D eigenvalue weighted by atomic mass is 10.0. The lowest BCUT2D eigenvalue weighted by molar-refractivity contribution is -0.148. The van der Waals surface area contributed by atoms with E-state index in [4.69, 9.17) is 11.6 Å². The number of fused-ring (bicyclic) bond motifs is 1. The van der Waals surface area contributed by atoms with Crippen LogP contribution in [0.1, 0.15) is 10.6 Å². The van der Waals surface area contributed by atoms with E-state index in [2.05, 4.69) is 20.8 Å². The van der Waals surface area contributed by atoms with Crippen LogP contribution in [-0.2, 0) is 16.1 Å². The molecule has 1 unspecified atom stereocenters. The summed E-state index contributed by atoms with van der Waals surface area (Å²) in [5.41, 5.74) is 1.50. The standard InChI is InChI=1S/C19H18ClN5O4S3/c1-9-23-24-19(32-9)31-8-11-7-30-16-13(15(26)25(16)14(11)17(27)28)22-18(29)21-6-10-2-4-12(20)5-3-10/h2-5,13,16H,6-8H2,1H3,(H,27,28)(H2,21,22,29)/t13?,16-/m0/s1. The third-order valence-corrected chi connectivity index (χ3v) is 8.43. The molecule has 0 bridgehead atoms. The van der Waals surface area contributed by atoms with Crippen molar-refractivity contribution in [3.8, 4) is 0 Å². The Balaban J connectivity index is 1.37. The summed E-state index contributed by atoms with van der Waals surface area (Å²) in [7, 11) is 0. The second-order valence-corrected chi connectivity index (χ2v) is 10.9. The molecule has 3 N–H and O–H groups in total. The molecule has 32 heavy (non-hydrogen) atoms. The zero-order valence-electron chi connectivity index (χ0n) is 16.7. The van der Waals surface area contributed by atoms with E-state index in [1.807, 2.05) is 6.92 Å². The van der Waals surface area contributed by atoms with E-state index in [0.29, 0.717) is 22.1 Å². The average Bonchev–Trinajstić information content (AvgIpc) is 3.19. The monoisotopic (exact) mass is 511 g/mol. The summed E-state index contributed by atoms with van der Waals surface area (Å²) < 4.78 is 0.749. The van der Waals surface area contributed by atoms with Crippen LogP contribution in [0.4, 0.5) is 4.79 Å². The summed E-state index contributed by atoms with van der Waals surface area (Å²) in [5.74, 6) is -0.737. The minimum Gasteiger partial charge on any atom is -0.477 e. The number of benzene rings is 1. The number of urea groups is 1. The van der Waals surface area contributed by atoms with E-state index >= 15 is 0 Å². The minimum atomic E-state index is -1.15. The van der Waals surface area contributed by atoms with E-state index in [0.717, 1.165) is 14.9 Å². The number of thioether (sulfide) groups is 2. The van der Waals surface area contributed by atoms with Crippen molar-refractivity contribution in [1.29, 1.82) is 0 Å². The van der Waals surface area contributed by atoms with Crippen molar-refractivity contribution in [3.05, 3.63) is 51.1 Å². The van der Waals surface area contributed by atoms with Crippen LogP contribution in [0, 0.1) is 6.92 Å². The largest absolute Gasteiger partial charge is 0.477 e. The summed E-state index contributed by atoms with van der Waals surface area (Å²) in [6.07, 6.45) is 0. The number of aromatic nitrogens is 2. The molecule has 9 nitrogen and oxygen atoms in total. The zero-order chi connectivity index (χ0) is 22.8. The van der Waals surface area contributed by atoms with Gasteiger partial charge in [-0.1, -0.05) is 46.8 Å². The number of β-lactam (4-membered cyclic amide) rings is 1. The van der Waals surface area contributed by atoms with Crippen molar-refractivity contribution in [2.75, 3.05) is 11.5 Å². The van der Waals surface area contributed by atoms with Gasteiger partial charge in [-0.25, -0.2) is 9.59 Å². The Hall–Kier alpha value is -2.28. The maximum absolute atomic E-state index is 12.7. The van der Waals surface area contributed by atoms with E-state index in [1.165, 1.54) is 39.8 Å². The molecule has 0 saturated carbocycles. The van der Waals surface area contributed by atoms with Gasteiger partial charge in [-0.3, -0.25) is 9.69 Å². The zero-order valence-corrected chi connectivity index (χ0v) is 19.9. The Morgan fingerprint density at radius 3 is 2.72 bits per heavy atom. The predicted octanol–water partition coefficient (Wildman–Crippen LogP) is 2.71. The molecule has 2 aliphatic rings. The van der Waals surface area contributed by atoms with Crippen LogP contribution in [0.15, 0.2) is 39.9 Å². The van der Waals surface area contributed by atoms with Crippen molar-refractivity contribution in [3.63, 3.8) is 0 Å². The number of carbonyl (C=O) groups excluding carboxylic acids is 2. The van der Waals surface area contributed by atoms with E-state index in [9.17, 15) is 19.5 Å². The number of carboxylic acids is 1. The van der Waals surface area contributed by atoms with Gasteiger partial charge in [0.1, 0.15) is 22.1 Å². The number of carbonyl (C=O) groups is 3. The van der Waals surface area contributed by atoms with Crippen LogP contribution in [0.3, 0.4) is 0 Å². The number of carboxylic acid groups (broad SMARTS) is 1. The fraction of sp³-hybridized carbons (Fsp3) is 0.316. The maximum atomic E-state index is 12.7. The molecule has 1 aromatic heterocycles. The summed E-state index contributed by atoms with van der Waals surface area (Å²) in [6.45, 7) is 2.13. The normalized spacial score (nSPS) is 19.9. The third-order valence-electron chi connectivity index (χ3n) is 4.78. The first-order valence-electron chi connectivity index (χ1n) is 9.45. The highest BCUT2D eigenvalue weighted by atomic mass is 35.5. The lowest BCUT2D eigenvalue weighted by Gasteiger charge is -2.49. The number of hydrogen-bond acceptors (Lipinski definition) is 8. The van der Waals surface area contributed by atoms with Crippen molar-refractivity contribution < 1.29 is 19.5 Å². The summed E-state index contributed by atoms with van der Waals surface area (Å²) in [4.78, 5) is 38.2. The van der Waals surface area contributed by atoms with Crippen molar-refractivity contribution in [1.82, 2.24) is 25.7 Å². The van der Waals surface area contributed by atoms with Crippen LogP contribution < -0.4 is 10.6 Å². The van der Waals surface area contributed by atoms with Gasteiger partial charge in [-0.05, 0) is 30.2 Å². The van der Waals surface area contributed by atoms with E-state index in [1.54, 1.807) is 24.3 Å². The van der Waals surface area contributed by atoms with Gasteiger partial charge in [0, 0.05) is 23.1 Å². The highest BCUT2D eigenvalue weighted by Crippen LogP contribution is 2.41. The topological polar surface area (TPSA) is 125 Å². The van der Waals surface area contributed by atoms with Crippen molar-refractivity contribution in [2.45, 2.75) is 29.2 Å². The van der Waals surface area contributed by atoms with Crippen molar-refractivity contribution in [2.24, 2.45) is 0 Å². The SMILES string of the molecule is Cc1nnc(SCC2=C(C(=O)O)N3C(=O)C(NC(=O)NCc4ccc(Cl)cc4)[C@@H]3SC2)s1. The minimum absolute atomic E-state index is 0.00731. The van der Waals surface area contributed by atoms with Crippen LogP contribution in [0.25, 0.3) is 0 Å². The molecular weight excluding hydrogens is 494 g/mol. The molecule has 2 aromatic rings. The van der Waals surface area contributed by atoms with Gasteiger partial charge in [0.15, 0.2) is 4.34 Å². The van der Waals surface area contributed by atoms with Gasteiger partial charge in [-0.15, -0.1) is 22.0 Å². The molecule has 3 amide bonds. The van der Waals surface area contributed by atoms with Gasteiger partial charge in [-0.2, -0.15) is 0 Å². The molecule has 3 heterocycles. The molecule has 2 atom stereocenters. The van der Waals surface area contributed by atoms with Crippen LogP contribution >= 0.6 is 46.5 Å². The number of halogens is 1. The summed E-state index contributed by atoms with van der Waals surface area (Å²) in [6, 6.07) is 5.77. The first-order chi connectivity index (χ1) is 15.3.